The Labute approximate surface area is 117 Å². The third-order valence-electron chi connectivity index (χ3n) is 3.52. The largest absolute Gasteiger partial charge is 0.494 e. The lowest BCUT2D eigenvalue weighted by atomic mass is 10.1. The fourth-order valence-corrected chi connectivity index (χ4v) is 2.11. The Morgan fingerprint density at radius 1 is 1.50 bits per heavy atom. The molecule has 0 radical (unpaired) electrons. The second kappa shape index (κ2) is 6.09. The standard InChI is InChI=1S/C14H20FN3O2/c1-8-7-11(8)17-5-6-18-14(19)9-3-4-10(15)12(16)13(9)20-2/h3-4,8,11,17H,5-7,16H2,1-2H3,(H,18,19)/t8-,11-/m1/s1. The molecule has 5 nitrogen and oxygen atoms in total. The smallest absolute Gasteiger partial charge is 0.255 e. The van der Waals surface area contributed by atoms with Gasteiger partial charge in [0.2, 0.25) is 0 Å². The maximum absolute atomic E-state index is 13.3. The second-order valence-electron chi connectivity index (χ2n) is 5.07. The molecular weight excluding hydrogens is 261 g/mol. The molecule has 0 saturated heterocycles. The third kappa shape index (κ3) is 3.19. The summed E-state index contributed by atoms with van der Waals surface area (Å²) in [4.78, 5) is 12.0. The van der Waals surface area contributed by atoms with E-state index in [0.29, 0.717) is 19.1 Å². The summed E-state index contributed by atoms with van der Waals surface area (Å²) in [6.45, 7) is 3.39. The van der Waals surface area contributed by atoms with Crippen molar-refractivity contribution in [2.45, 2.75) is 19.4 Å². The summed E-state index contributed by atoms with van der Waals surface area (Å²) in [5, 5.41) is 6.09. The lowest BCUT2D eigenvalue weighted by Crippen LogP contribution is -2.33. The number of benzene rings is 1. The van der Waals surface area contributed by atoms with Crippen molar-refractivity contribution >= 4 is 11.6 Å². The van der Waals surface area contributed by atoms with Gasteiger partial charge < -0.3 is 21.1 Å². The minimum Gasteiger partial charge on any atom is -0.494 e. The van der Waals surface area contributed by atoms with Crippen molar-refractivity contribution < 1.29 is 13.9 Å². The number of nitrogen functional groups attached to an aromatic ring is 1. The molecule has 0 aliphatic heterocycles. The van der Waals surface area contributed by atoms with Crippen LogP contribution in [0.2, 0.25) is 0 Å². The zero-order valence-corrected chi connectivity index (χ0v) is 11.7. The quantitative estimate of drug-likeness (QED) is 0.540. The van der Waals surface area contributed by atoms with Gasteiger partial charge in [-0.2, -0.15) is 0 Å². The summed E-state index contributed by atoms with van der Waals surface area (Å²) in [7, 11) is 1.36. The molecule has 0 unspecified atom stereocenters. The Hall–Kier alpha value is -1.82. The molecule has 6 heteroatoms. The van der Waals surface area contributed by atoms with Gasteiger partial charge >= 0.3 is 0 Å². The first-order valence-corrected chi connectivity index (χ1v) is 6.68. The normalized spacial score (nSPS) is 20.6. The van der Waals surface area contributed by atoms with Crippen molar-refractivity contribution in [1.29, 1.82) is 0 Å². The van der Waals surface area contributed by atoms with Crippen LogP contribution in [-0.4, -0.2) is 32.1 Å². The molecule has 1 fully saturated rings. The summed E-state index contributed by atoms with van der Waals surface area (Å²) < 4.78 is 18.3. The molecule has 1 aliphatic carbocycles. The molecule has 1 aromatic rings. The molecule has 2 atom stereocenters. The van der Waals surface area contributed by atoms with Crippen LogP contribution < -0.4 is 21.1 Å². The van der Waals surface area contributed by atoms with Gasteiger partial charge in [0, 0.05) is 19.1 Å². The number of nitrogens with two attached hydrogens (primary N) is 1. The third-order valence-corrected chi connectivity index (χ3v) is 3.52. The van der Waals surface area contributed by atoms with E-state index in [0.717, 1.165) is 12.0 Å². The molecule has 0 spiro atoms. The molecule has 2 rings (SSSR count). The average Bonchev–Trinajstić information content (AvgIpc) is 3.13. The van der Waals surface area contributed by atoms with E-state index in [4.69, 9.17) is 10.5 Å². The van der Waals surface area contributed by atoms with E-state index in [-0.39, 0.29) is 22.9 Å². The first-order chi connectivity index (χ1) is 9.54. The first-order valence-electron chi connectivity index (χ1n) is 6.68. The zero-order chi connectivity index (χ0) is 14.7. The number of carbonyl (C=O) groups excluding carboxylic acids is 1. The van der Waals surface area contributed by atoms with Crippen molar-refractivity contribution in [1.82, 2.24) is 10.6 Å². The molecular formula is C14H20FN3O2. The number of nitrogens with one attached hydrogen (secondary N) is 2. The van der Waals surface area contributed by atoms with E-state index in [1.54, 1.807) is 0 Å². The Bertz CT molecular complexity index is 507. The highest BCUT2D eigenvalue weighted by Crippen LogP contribution is 2.29. The number of hydrogen-bond donors (Lipinski definition) is 3. The molecule has 110 valence electrons. The molecule has 0 heterocycles. The van der Waals surface area contributed by atoms with Gasteiger partial charge in [0.15, 0.2) is 5.75 Å². The lowest BCUT2D eigenvalue weighted by molar-refractivity contribution is 0.0951. The van der Waals surface area contributed by atoms with Gasteiger partial charge in [0.1, 0.15) is 11.5 Å². The molecule has 20 heavy (non-hydrogen) atoms. The van der Waals surface area contributed by atoms with Crippen molar-refractivity contribution in [3.05, 3.63) is 23.5 Å². The fourth-order valence-electron chi connectivity index (χ4n) is 2.11. The van der Waals surface area contributed by atoms with Crippen LogP contribution in [0.5, 0.6) is 5.75 Å². The van der Waals surface area contributed by atoms with Gasteiger partial charge in [-0.05, 0) is 24.5 Å². The molecule has 1 aromatic carbocycles. The minimum absolute atomic E-state index is 0.0753. The van der Waals surface area contributed by atoms with Crippen LogP contribution in [0.1, 0.15) is 23.7 Å². The summed E-state index contributed by atoms with van der Waals surface area (Å²) in [5.74, 6) is -0.115. The molecule has 1 aliphatic rings. The van der Waals surface area contributed by atoms with Crippen molar-refractivity contribution in [3.63, 3.8) is 0 Å². The Morgan fingerprint density at radius 2 is 2.20 bits per heavy atom. The van der Waals surface area contributed by atoms with Crippen LogP contribution in [0.3, 0.4) is 0 Å². The number of carbonyl (C=O) groups is 1. The number of hydrogen-bond acceptors (Lipinski definition) is 4. The molecule has 1 amide bonds. The number of amides is 1. The summed E-state index contributed by atoms with van der Waals surface area (Å²) in [6, 6.07) is 3.11. The van der Waals surface area contributed by atoms with Gasteiger partial charge in [-0.1, -0.05) is 6.92 Å². The van der Waals surface area contributed by atoms with E-state index >= 15 is 0 Å². The highest BCUT2D eigenvalue weighted by atomic mass is 19.1. The molecule has 4 N–H and O–H groups in total. The average molecular weight is 281 g/mol. The number of halogens is 1. The van der Waals surface area contributed by atoms with E-state index in [9.17, 15) is 9.18 Å². The molecule has 0 aromatic heterocycles. The topological polar surface area (TPSA) is 76.4 Å². The predicted molar refractivity (Wildman–Crippen MR) is 75.3 cm³/mol. The molecule has 1 saturated carbocycles. The number of methoxy groups -OCH3 is 1. The van der Waals surface area contributed by atoms with Gasteiger partial charge in [-0.3, -0.25) is 4.79 Å². The molecule has 0 bridgehead atoms. The number of ether oxygens (including phenoxy) is 1. The van der Waals surface area contributed by atoms with Gasteiger partial charge in [0.25, 0.3) is 5.91 Å². The van der Waals surface area contributed by atoms with E-state index < -0.39 is 5.82 Å². The predicted octanol–water partition coefficient (Wildman–Crippen LogP) is 1.14. The van der Waals surface area contributed by atoms with Crippen LogP contribution >= 0.6 is 0 Å². The monoisotopic (exact) mass is 281 g/mol. The highest BCUT2D eigenvalue weighted by Gasteiger charge is 2.31. The second-order valence-corrected chi connectivity index (χ2v) is 5.07. The van der Waals surface area contributed by atoms with Gasteiger partial charge in [-0.25, -0.2) is 4.39 Å². The minimum atomic E-state index is -0.595. The van der Waals surface area contributed by atoms with Crippen LogP contribution in [0.4, 0.5) is 10.1 Å². The Balaban J connectivity index is 1.90. The summed E-state index contributed by atoms with van der Waals surface area (Å²) in [5.41, 5.74) is 5.65. The van der Waals surface area contributed by atoms with Crippen molar-refractivity contribution in [2.75, 3.05) is 25.9 Å². The first kappa shape index (κ1) is 14.6. The number of rotatable bonds is 6. The number of anilines is 1. The van der Waals surface area contributed by atoms with Crippen LogP contribution in [0, 0.1) is 11.7 Å². The van der Waals surface area contributed by atoms with Crippen LogP contribution in [-0.2, 0) is 0 Å². The maximum atomic E-state index is 13.3. The van der Waals surface area contributed by atoms with E-state index in [1.807, 2.05) is 0 Å². The van der Waals surface area contributed by atoms with Gasteiger partial charge in [-0.15, -0.1) is 0 Å². The van der Waals surface area contributed by atoms with Crippen LogP contribution in [0.15, 0.2) is 12.1 Å². The summed E-state index contributed by atoms with van der Waals surface area (Å²) >= 11 is 0. The van der Waals surface area contributed by atoms with E-state index in [1.165, 1.54) is 19.6 Å². The van der Waals surface area contributed by atoms with Gasteiger partial charge in [0.05, 0.1) is 12.7 Å². The highest BCUT2D eigenvalue weighted by molar-refractivity contribution is 5.98. The zero-order valence-electron chi connectivity index (χ0n) is 11.7. The van der Waals surface area contributed by atoms with Crippen LogP contribution in [0.25, 0.3) is 0 Å². The summed E-state index contributed by atoms with van der Waals surface area (Å²) in [6.07, 6.45) is 1.19. The maximum Gasteiger partial charge on any atom is 0.255 e. The Kier molecular flexibility index (Phi) is 4.44. The SMILES string of the molecule is COc1c(C(=O)NCCN[C@@H]2C[C@H]2C)ccc(F)c1N. The fraction of sp³-hybridized carbons (Fsp3) is 0.500. The van der Waals surface area contributed by atoms with Crippen molar-refractivity contribution in [2.24, 2.45) is 5.92 Å². The Morgan fingerprint density at radius 3 is 2.80 bits per heavy atom. The van der Waals surface area contributed by atoms with Crippen molar-refractivity contribution in [3.8, 4) is 5.75 Å². The lowest BCUT2D eigenvalue weighted by Gasteiger charge is -2.12. The van der Waals surface area contributed by atoms with E-state index in [2.05, 4.69) is 17.6 Å².